The summed E-state index contributed by atoms with van der Waals surface area (Å²) < 4.78 is 0. The molecule has 100 valence electrons. The second kappa shape index (κ2) is 6.19. The van der Waals surface area contributed by atoms with Gasteiger partial charge in [0.15, 0.2) is 0 Å². The molecule has 2 aliphatic carbocycles. The molecule has 0 bridgehead atoms. The van der Waals surface area contributed by atoms with Crippen molar-refractivity contribution < 1.29 is 5.11 Å². The van der Waals surface area contributed by atoms with Gasteiger partial charge in [-0.05, 0) is 50.4 Å². The van der Waals surface area contributed by atoms with Crippen LogP contribution in [0.2, 0.25) is 0 Å². The molecule has 2 saturated carbocycles. The van der Waals surface area contributed by atoms with Gasteiger partial charge in [0.1, 0.15) is 0 Å². The zero-order valence-electron chi connectivity index (χ0n) is 11.5. The second-order valence-corrected chi connectivity index (χ2v) is 6.54. The zero-order chi connectivity index (χ0) is 12.3. The van der Waals surface area contributed by atoms with E-state index in [1.165, 1.54) is 38.5 Å². The van der Waals surface area contributed by atoms with Crippen molar-refractivity contribution in [1.82, 2.24) is 5.32 Å². The van der Waals surface area contributed by atoms with Crippen LogP contribution in [0, 0.1) is 11.8 Å². The standard InChI is InChI=1S/C15H29NO/c1-11(2)12-4-3-5-14(10-12)16-13-6-8-15(17)9-7-13/h11-17H,3-10H2,1-2H3. The molecular weight excluding hydrogens is 210 g/mol. The first-order valence-electron chi connectivity index (χ1n) is 7.59. The van der Waals surface area contributed by atoms with Gasteiger partial charge in [0.2, 0.25) is 0 Å². The topological polar surface area (TPSA) is 32.3 Å². The molecule has 2 heteroatoms. The summed E-state index contributed by atoms with van der Waals surface area (Å²) >= 11 is 0. The van der Waals surface area contributed by atoms with E-state index in [1.807, 2.05) is 0 Å². The molecule has 17 heavy (non-hydrogen) atoms. The van der Waals surface area contributed by atoms with Gasteiger partial charge >= 0.3 is 0 Å². The van der Waals surface area contributed by atoms with Gasteiger partial charge in [0.25, 0.3) is 0 Å². The summed E-state index contributed by atoms with van der Waals surface area (Å²) in [5.41, 5.74) is 0. The molecule has 0 aromatic heterocycles. The van der Waals surface area contributed by atoms with Crippen molar-refractivity contribution in [2.75, 3.05) is 0 Å². The number of hydrogen-bond donors (Lipinski definition) is 2. The van der Waals surface area contributed by atoms with Crippen LogP contribution in [0.15, 0.2) is 0 Å². The van der Waals surface area contributed by atoms with E-state index in [1.54, 1.807) is 0 Å². The Morgan fingerprint density at radius 2 is 1.65 bits per heavy atom. The molecule has 0 saturated heterocycles. The monoisotopic (exact) mass is 239 g/mol. The van der Waals surface area contributed by atoms with E-state index in [4.69, 9.17) is 0 Å². The first-order chi connectivity index (χ1) is 8.15. The predicted molar refractivity (Wildman–Crippen MR) is 72.0 cm³/mol. The number of rotatable bonds is 3. The van der Waals surface area contributed by atoms with Crippen LogP contribution in [0.3, 0.4) is 0 Å². The van der Waals surface area contributed by atoms with Crippen molar-refractivity contribution >= 4 is 0 Å². The third kappa shape index (κ3) is 3.96. The van der Waals surface area contributed by atoms with Gasteiger partial charge in [-0.3, -0.25) is 0 Å². The Labute approximate surface area is 106 Å². The summed E-state index contributed by atoms with van der Waals surface area (Å²) in [4.78, 5) is 0. The Bertz CT molecular complexity index is 221. The SMILES string of the molecule is CC(C)C1CCCC(NC2CCC(O)CC2)C1. The third-order valence-electron chi connectivity index (χ3n) is 4.83. The highest BCUT2D eigenvalue weighted by molar-refractivity contribution is 4.84. The summed E-state index contributed by atoms with van der Waals surface area (Å²) in [5, 5.41) is 13.4. The second-order valence-electron chi connectivity index (χ2n) is 6.54. The molecule has 0 aromatic rings. The van der Waals surface area contributed by atoms with Crippen molar-refractivity contribution in [1.29, 1.82) is 0 Å². The maximum Gasteiger partial charge on any atom is 0.0541 e. The first kappa shape index (κ1) is 13.4. The quantitative estimate of drug-likeness (QED) is 0.793. The highest BCUT2D eigenvalue weighted by Crippen LogP contribution is 2.31. The van der Waals surface area contributed by atoms with Crippen LogP contribution in [0.5, 0.6) is 0 Å². The van der Waals surface area contributed by atoms with Crippen molar-refractivity contribution in [2.24, 2.45) is 11.8 Å². The Hall–Kier alpha value is -0.0800. The van der Waals surface area contributed by atoms with E-state index >= 15 is 0 Å². The molecule has 2 fully saturated rings. The lowest BCUT2D eigenvalue weighted by Gasteiger charge is -2.36. The van der Waals surface area contributed by atoms with Crippen LogP contribution < -0.4 is 5.32 Å². The van der Waals surface area contributed by atoms with Gasteiger partial charge in [-0.25, -0.2) is 0 Å². The molecular formula is C15H29NO. The van der Waals surface area contributed by atoms with E-state index in [0.717, 1.165) is 30.7 Å². The molecule has 0 spiro atoms. The summed E-state index contributed by atoms with van der Waals surface area (Å²) in [6, 6.07) is 1.42. The minimum absolute atomic E-state index is 0.0252. The number of hydrogen-bond acceptors (Lipinski definition) is 2. The number of nitrogens with one attached hydrogen (secondary N) is 1. The van der Waals surface area contributed by atoms with Crippen LogP contribution in [-0.4, -0.2) is 23.3 Å². The molecule has 0 amide bonds. The largest absolute Gasteiger partial charge is 0.393 e. The molecule has 2 rings (SSSR count). The van der Waals surface area contributed by atoms with Gasteiger partial charge in [0, 0.05) is 12.1 Å². The highest BCUT2D eigenvalue weighted by atomic mass is 16.3. The first-order valence-corrected chi connectivity index (χ1v) is 7.59. The fraction of sp³-hybridized carbons (Fsp3) is 1.00. The molecule has 2 N–H and O–H groups in total. The Balaban J connectivity index is 1.75. The van der Waals surface area contributed by atoms with Crippen molar-refractivity contribution in [3.05, 3.63) is 0 Å². The van der Waals surface area contributed by atoms with Crippen LogP contribution in [0.1, 0.15) is 65.2 Å². The van der Waals surface area contributed by atoms with Crippen LogP contribution >= 0.6 is 0 Å². The van der Waals surface area contributed by atoms with Gasteiger partial charge < -0.3 is 10.4 Å². The average molecular weight is 239 g/mol. The van der Waals surface area contributed by atoms with Crippen LogP contribution in [0.25, 0.3) is 0 Å². The fourth-order valence-corrected chi connectivity index (χ4v) is 3.56. The zero-order valence-corrected chi connectivity index (χ0v) is 11.5. The van der Waals surface area contributed by atoms with Gasteiger partial charge in [0.05, 0.1) is 6.10 Å². The molecule has 0 heterocycles. The van der Waals surface area contributed by atoms with E-state index in [2.05, 4.69) is 19.2 Å². The summed E-state index contributed by atoms with van der Waals surface area (Å²) in [5.74, 6) is 1.77. The molecule has 0 radical (unpaired) electrons. The maximum absolute atomic E-state index is 9.52. The summed E-state index contributed by atoms with van der Waals surface area (Å²) in [6.07, 6.45) is 9.88. The van der Waals surface area contributed by atoms with E-state index < -0.39 is 0 Å². The molecule has 2 unspecified atom stereocenters. The van der Waals surface area contributed by atoms with E-state index in [0.29, 0.717) is 6.04 Å². The predicted octanol–water partition coefficient (Wildman–Crippen LogP) is 3.09. The lowest BCUT2D eigenvalue weighted by atomic mass is 9.78. The summed E-state index contributed by atoms with van der Waals surface area (Å²) in [6.45, 7) is 4.73. The summed E-state index contributed by atoms with van der Waals surface area (Å²) in [7, 11) is 0. The van der Waals surface area contributed by atoms with Crippen LogP contribution in [0.4, 0.5) is 0 Å². The average Bonchev–Trinajstić information content (AvgIpc) is 2.32. The Morgan fingerprint density at radius 1 is 0.941 bits per heavy atom. The van der Waals surface area contributed by atoms with Crippen molar-refractivity contribution in [3.63, 3.8) is 0 Å². The van der Waals surface area contributed by atoms with Crippen molar-refractivity contribution in [3.8, 4) is 0 Å². The fourth-order valence-electron chi connectivity index (χ4n) is 3.56. The lowest BCUT2D eigenvalue weighted by Crippen LogP contribution is -2.43. The van der Waals surface area contributed by atoms with Gasteiger partial charge in [-0.1, -0.05) is 26.7 Å². The highest BCUT2D eigenvalue weighted by Gasteiger charge is 2.27. The number of aliphatic hydroxyl groups is 1. The maximum atomic E-state index is 9.52. The Morgan fingerprint density at radius 3 is 2.29 bits per heavy atom. The minimum Gasteiger partial charge on any atom is -0.393 e. The molecule has 2 nitrogen and oxygen atoms in total. The molecule has 0 aromatic carbocycles. The number of aliphatic hydroxyl groups excluding tert-OH is 1. The van der Waals surface area contributed by atoms with Crippen LogP contribution in [-0.2, 0) is 0 Å². The van der Waals surface area contributed by atoms with Crippen molar-refractivity contribution in [2.45, 2.75) is 83.4 Å². The lowest BCUT2D eigenvalue weighted by molar-refractivity contribution is 0.109. The van der Waals surface area contributed by atoms with Gasteiger partial charge in [-0.2, -0.15) is 0 Å². The Kier molecular flexibility index (Phi) is 4.87. The molecule has 0 aliphatic heterocycles. The van der Waals surface area contributed by atoms with E-state index in [-0.39, 0.29) is 6.10 Å². The third-order valence-corrected chi connectivity index (χ3v) is 4.83. The minimum atomic E-state index is -0.0252. The molecule has 2 atom stereocenters. The smallest absolute Gasteiger partial charge is 0.0541 e. The molecule has 2 aliphatic rings. The van der Waals surface area contributed by atoms with Gasteiger partial charge in [-0.15, -0.1) is 0 Å². The van der Waals surface area contributed by atoms with E-state index in [9.17, 15) is 5.11 Å². The normalized spacial score (nSPS) is 39.5.